The van der Waals surface area contributed by atoms with Gasteiger partial charge in [0.2, 0.25) is 10.0 Å². The van der Waals surface area contributed by atoms with Crippen molar-refractivity contribution in [3.8, 4) is 0 Å². The standard InChI is InChI=1S/C18H27N3O4S/c1-14(22)15-4-6-17(7-5-15)26(23,24)21-16(12-20(2)3)13-25-18(21)8-10-19-11-9-18/h4-7,16,19H,8-13H2,1-3H3. The maximum Gasteiger partial charge on any atom is 0.245 e. The maximum atomic E-state index is 13.5. The highest BCUT2D eigenvalue weighted by molar-refractivity contribution is 7.89. The van der Waals surface area contributed by atoms with Crippen molar-refractivity contribution in [2.45, 2.75) is 36.4 Å². The van der Waals surface area contributed by atoms with Crippen LogP contribution in [-0.2, 0) is 14.8 Å². The van der Waals surface area contributed by atoms with Crippen LogP contribution in [0.4, 0.5) is 0 Å². The highest BCUT2D eigenvalue weighted by atomic mass is 32.2. The Morgan fingerprint density at radius 2 is 1.88 bits per heavy atom. The number of nitrogens with zero attached hydrogens (tertiary/aromatic N) is 2. The number of hydrogen-bond acceptors (Lipinski definition) is 6. The predicted octanol–water partition coefficient (Wildman–Crippen LogP) is 0.920. The average molecular weight is 381 g/mol. The number of nitrogens with one attached hydrogen (secondary N) is 1. The molecule has 1 N–H and O–H groups in total. The molecule has 0 bridgehead atoms. The number of carbonyl (C=O) groups is 1. The third-order valence-electron chi connectivity index (χ3n) is 5.06. The molecule has 0 saturated carbocycles. The summed E-state index contributed by atoms with van der Waals surface area (Å²) in [4.78, 5) is 13.7. The van der Waals surface area contributed by atoms with Crippen LogP contribution < -0.4 is 5.32 Å². The monoisotopic (exact) mass is 381 g/mol. The second-order valence-electron chi connectivity index (χ2n) is 7.30. The van der Waals surface area contributed by atoms with Crippen LogP contribution in [0.3, 0.4) is 0 Å². The molecular formula is C18H27N3O4S. The van der Waals surface area contributed by atoms with E-state index in [0.717, 1.165) is 13.1 Å². The minimum Gasteiger partial charge on any atom is -0.358 e. The van der Waals surface area contributed by atoms with Gasteiger partial charge in [0.1, 0.15) is 5.72 Å². The fourth-order valence-electron chi connectivity index (χ4n) is 3.84. The number of Topliss-reactive ketones (excluding diaryl/α,β-unsaturated/α-hetero) is 1. The fraction of sp³-hybridized carbons (Fsp3) is 0.611. The summed E-state index contributed by atoms with van der Waals surface area (Å²) in [5, 5.41) is 3.27. The van der Waals surface area contributed by atoms with Crippen molar-refractivity contribution in [3.05, 3.63) is 29.8 Å². The molecule has 0 amide bonds. The number of benzene rings is 1. The molecule has 1 atom stereocenters. The Kier molecular flexibility index (Phi) is 5.50. The number of piperidine rings is 1. The molecule has 2 aliphatic heterocycles. The maximum absolute atomic E-state index is 13.5. The Bertz CT molecular complexity index is 755. The van der Waals surface area contributed by atoms with Gasteiger partial charge < -0.3 is 15.0 Å². The van der Waals surface area contributed by atoms with E-state index in [1.807, 2.05) is 19.0 Å². The zero-order valence-corrected chi connectivity index (χ0v) is 16.4. The Balaban J connectivity index is 2.00. The number of rotatable bonds is 5. The lowest BCUT2D eigenvalue weighted by molar-refractivity contribution is -0.0716. The quantitative estimate of drug-likeness (QED) is 0.764. The molecule has 1 aromatic carbocycles. The number of ketones is 1. The smallest absolute Gasteiger partial charge is 0.245 e. The van der Waals surface area contributed by atoms with Gasteiger partial charge in [-0.25, -0.2) is 8.42 Å². The van der Waals surface area contributed by atoms with Crippen LogP contribution in [0.25, 0.3) is 0 Å². The van der Waals surface area contributed by atoms with Gasteiger partial charge in [0.05, 0.1) is 17.5 Å². The van der Waals surface area contributed by atoms with Gasteiger partial charge in [0.25, 0.3) is 0 Å². The van der Waals surface area contributed by atoms with Gasteiger partial charge in [-0.05, 0) is 46.2 Å². The van der Waals surface area contributed by atoms with Crippen molar-refractivity contribution in [2.24, 2.45) is 0 Å². The first kappa shape index (κ1) is 19.4. The summed E-state index contributed by atoms with van der Waals surface area (Å²) in [5.41, 5.74) is -0.285. The van der Waals surface area contributed by atoms with Gasteiger partial charge in [-0.3, -0.25) is 4.79 Å². The van der Waals surface area contributed by atoms with Crippen molar-refractivity contribution in [1.82, 2.24) is 14.5 Å². The molecule has 144 valence electrons. The number of sulfonamides is 1. The van der Waals surface area contributed by atoms with Crippen molar-refractivity contribution >= 4 is 15.8 Å². The lowest BCUT2D eigenvalue weighted by atomic mass is 10.0. The molecule has 1 unspecified atom stereocenters. The molecule has 2 aliphatic rings. The molecule has 0 radical (unpaired) electrons. The number of ether oxygens (including phenoxy) is 1. The zero-order valence-electron chi connectivity index (χ0n) is 15.6. The number of carbonyl (C=O) groups excluding carboxylic acids is 1. The molecule has 0 aromatic heterocycles. The molecule has 7 nitrogen and oxygen atoms in total. The van der Waals surface area contributed by atoms with E-state index >= 15 is 0 Å². The van der Waals surface area contributed by atoms with Gasteiger partial charge in [0.15, 0.2) is 5.78 Å². The van der Waals surface area contributed by atoms with Gasteiger partial charge >= 0.3 is 0 Å². The Morgan fingerprint density at radius 1 is 1.27 bits per heavy atom. The average Bonchev–Trinajstić information content (AvgIpc) is 2.93. The predicted molar refractivity (Wildman–Crippen MR) is 98.6 cm³/mol. The lowest BCUT2D eigenvalue weighted by Crippen LogP contribution is -2.57. The van der Waals surface area contributed by atoms with Gasteiger partial charge in [-0.2, -0.15) is 4.31 Å². The summed E-state index contributed by atoms with van der Waals surface area (Å²) >= 11 is 0. The second kappa shape index (κ2) is 7.36. The first-order valence-electron chi connectivity index (χ1n) is 8.91. The Labute approximate surface area is 155 Å². The van der Waals surface area contributed by atoms with E-state index < -0.39 is 15.7 Å². The van der Waals surface area contributed by atoms with Crippen LogP contribution in [0.1, 0.15) is 30.1 Å². The molecule has 2 heterocycles. The summed E-state index contributed by atoms with van der Waals surface area (Å²) < 4.78 is 34.7. The first-order valence-corrected chi connectivity index (χ1v) is 10.4. The topological polar surface area (TPSA) is 79.0 Å². The molecule has 2 fully saturated rings. The highest BCUT2D eigenvalue weighted by Crippen LogP contribution is 2.40. The lowest BCUT2D eigenvalue weighted by Gasteiger charge is -2.41. The second-order valence-corrected chi connectivity index (χ2v) is 9.12. The van der Waals surface area contributed by atoms with E-state index in [0.29, 0.717) is 31.6 Å². The largest absolute Gasteiger partial charge is 0.358 e. The van der Waals surface area contributed by atoms with Crippen molar-refractivity contribution in [3.63, 3.8) is 0 Å². The van der Waals surface area contributed by atoms with Crippen molar-refractivity contribution < 1.29 is 17.9 Å². The molecule has 3 rings (SSSR count). The normalized spacial score (nSPS) is 23.6. The van der Waals surface area contributed by atoms with Crippen LogP contribution in [-0.4, -0.2) is 75.5 Å². The van der Waals surface area contributed by atoms with E-state index in [9.17, 15) is 13.2 Å². The van der Waals surface area contributed by atoms with E-state index in [1.54, 1.807) is 16.4 Å². The fourth-order valence-corrected chi connectivity index (χ4v) is 5.74. The Morgan fingerprint density at radius 3 is 2.42 bits per heavy atom. The summed E-state index contributed by atoms with van der Waals surface area (Å²) in [6.07, 6.45) is 1.25. The Hall–Kier alpha value is -1.32. The summed E-state index contributed by atoms with van der Waals surface area (Å²) in [5.74, 6) is -0.0845. The number of likely N-dealkylation sites (N-methyl/N-ethyl adjacent to an activating group) is 1. The third kappa shape index (κ3) is 3.57. The van der Waals surface area contributed by atoms with Crippen LogP contribution >= 0.6 is 0 Å². The van der Waals surface area contributed by atoms with Crippen molar-refractivity contribution in [2.75, 3.05) is 40.3 Å². The van der Waals surface area contributed by atoms with E-state index in [4.69, 9.17) is 4.74 Å². The SMILES string of the molecule is CC(=O)c1ccc(S(=O)(=O)N2C(CN(C)C)COC23CCNCC3)cc1. The molecule has 8 heteroatoms. The molecular weight excluding hydrogens is 354 g/mol. The number of hydrogen-bond donors (Lipinski definition) is 1. The third-order valence-corrected chi connectivity index (χ3v) is 7.07. The van der Waals surface area contributed by atoms with E-state index in [2.05, 4.69) is 5.32 Å². The summed E-state index contributed by atoms with van der Waals surface area (Å²) in [6.45, 7) is 3.91. The van der Waals surface area contributed by atoms with Gasteiger partial charge in [-0.15, -0.1) is 0 Å². The van der Waals surface area contributed by atoms with Gasteiger partial charge in [0, 0.05) is 24.9 Å². The van der Waals surface area contributed by atoms with Crippen LogP contribution in [0.5, 0.6) is 0 Å². The molecule has 2 saturated heterocycles. The van der Waals surface area contributed by atoms with Crippen LogP contribution in [0.15, 0.2) is 29.2 Å². The first-order chi connectivity index (χ1) is 12.3. The van der Waals surface area contributed by atoms with Crippen LogP contribution in [0.2, 0.25) is 0 Å². The molecule has 1 aromatic rings. The molecule has 26 heavy (non-hydrogen) atoms. The molecule has 1 spiro atoms. The molecule has 0 aliphatic carbocycles. The minimum atomic E-state index is -3.74. The highest BCUT2D eigenvalue weighted by Gasteiger charge is 2.54. The summed E-state index contributed by atoms with van der Waals surface area (Å²) in [7, 11) is 0.119. The van der Waals surface area contributed by atoms with Crippen molar-refractivity contribution in [1.29, 1.82) is 0 Å². The van der Waals surface area contributed by atoms with Gasteiger partial charge in [-0.1, -0.05) is 12.1 Å². The zero-order chi connectivity index (χ0) is 18.9. The minimum absolute atomic E-state index is 0.0845. The summed E-state index contributed by atoms with van der Waals surface area (Å²) in [6, 6.07) is 5.95. The van der Waals surface area contributed by atoms with E-state index in [-0.39, 0.29) is 16.7 Å². The van der Waals surface area contributed by atoms with E-state index in [1.165, 1.54) is 19.1 Å². The van der Waals surface area contributed by atoms with Crippen LogP contribution in [0, 0.1) is 0 Å².